The fourth-order valence-corrected chi connectivity index (χ4v) is 2.92. The molecule has 1 amide bonds. The van der Waals surface area contributed by atoms with Crippen molar-refractivity contribution in [2.75, 3.05) is 5.73 Å². The second kappa shape index (κ2) is 5.54. The lowest BCUT2D eigenvalue weighted by atomic mass is 10.1. The molecule has 2 aromatic rings. The third-order valence-corrected chi connectivity index (χ3v) is 4.27. The van der Waals surface area contributed by atoms with E-state index < -0.39 is 0 Å². The van der Waals surface area contributed by atoms with Gasteiger partial charge in [-0.05, 0) is 52.7 Å². The van der Waals surface area contributed by atoms with Crippen LogP contribution in [0.15, 0.2) is 34.1 Å². The van der Waals surface area contributed by atoms with E-state index >= 15 is 0 Å². The number of nitrogen functional groups attached to an aromatic ring is 1. The molecule has 0 saturated carbocycles. The molecule has 0 atom stereocenters. The molecule has 1 heterocycles. The predicted octanol–water partition coefficient (Wildman–Crippen LogP) is 3.33. The molecule has 3 N–H and O–H groups in total. The molecule has 0 radical (unpaired) electrons. The van der Waals surface area contributed by atoms with Gasteiger partial charge in [0.05, 0.1) is 6.54 Å². The average Bonchev–Trinajstić information content (AvgIpc) is 2.75. The minimum Gasteiger partial charge on any atom is -0.399 e. The maximum atomic E-state index is 11.9. The monoisotopic (exact) mass is 324 g/mol. The number of anilines is 1. The number of halogens is 1. The lowest BCUT2D eigenvalue weighted by molar-refractivity contribution is 0.0951. The molecule has 0 fully saturated rings. The second-order valence-electron chi connectivity index (χ2n) is 3.99. The number of rotatable bonds is 3. The largest absolute Gasteiger partial charge is 0.399 e. The van der Waals surface area contributed by atoms with Crippen molar-refractivity contribution in [1.82, 2.24) is 5.32 Å². The van der Waals surface area contributed by atoms with Gasteiger partial charge in [0.2, 0.25) is 0 Å². The zero-order valence-corrected chi connectivity index (χ0v) is 12.3. The summed E-state index contributed by atoms with van der Waals surface area (Å²) in [7, 11) is 0. The minimum absolute atomic E-state index is 0.0809. The van der Waals surface area contributed by atoms with Crippen molar-refractivity contribution in [2.24, 2.45) is 0 Å². The van der Waals surface area contributed by atoms with Crippen LogP contribution < -0.4 is 11.1 Å². The van der Waals surface area contributed by atoms with Gasteiger partial charge in [0.15, 0.2) is 0 Å². The van der Waals surface area contributed by atoms with Crippen LogP contribution in [0.4, 0.5) is 5.69 Å². The topological polar surface area (TPSA) is 55.1 Å². The van der Waals surface area contributed by atoms with Crippen LogP contribution in [-0.4, -0.2) is 5.91 Å². The first-order valence-corrected chi connectivity index (χ1v) is 7.11. The second-order valence-corrected chi connectivity index (χ2v) is 5.90. The van der Waals surface area contributed by atoms with Crippen LogP contribution >= 0.6 is 27.3 Å². The Bertz CT molecular complexity index is 580. The van der Waals surface area contributed by atoms with Crippen LogP contribution in [0, 0.1) is 6.92 Å². The highest BCUT2D eigenvalue weighted by Gasteiger charge is 2.07. The quantitative estimate of drug-likeness (QED) is 0.851. The third-order valence-electron chi connectivity index (χ3n) is 2.58. The Balaban J connectivity index is 2.01. The summed E-state index contributed by atoms with van der Waals surface area (Å²) in [5, 5.41) is 4.88. The van der Waals surface area contributed by atoms with Gasteiger partial charge in [0.1, 0.15) is 0 Å². The molecular weight excluding hydrogens is 312 g/mol. The average molecular weight is 325 g/mol. The van der Waals surface area contributed by atoms with Gasteiger partial charge in [0.25, 0.3) is 5.91 Å². The van der Waals surface area contributed by atoms with Gasteiger partial charge in [-0.3, -0.25) is 4.79 Å². The zero-order chi connectivity index (χ0) is 13.1. The fourth-order valence-electron chi connectivity index (χ4n) is 1.53. The molecule has 0 spiro atoms. The van der Waals surface area contributed by atoms with Crippen molar-refractivity contribution in [1.29, 1.82) is 0 Å². The summed E-state index contributed by atoms with van der Waals surface area (Å²) in [5.41, 5.74) is 7.98. The summed E-state index contributed by atoms with van der Waals surface area (Å²) >= 11 is 5.00. The number of nitrogens with one attached hydrogen (secondary N) is 1. The molecule has 0 aliphatic heterocycles. The van der Waals surface area contributed by atoms with E-state index in [-0.39, 0.29) is 5.91 Å². The van der Waals surface area contributed by atoms with Crippen molar-refractivity contribution in [3.05, 3.63) is 50.1 Å². The van der Waals surface area contributed by atoms with Crippen LogP contribution in [0.2, 0.25) is 0 Å². The molecule has 3 nitrogen and oxygen atoms in total. The van der Waals surface area contributed by atoms with Gasteiger partial charge in [-0.15, -0.1) is 11.3 Å². The van der Waals surface area contributed by atoms with Crippen LogP contribution in [-0.2, 0) is 6.54 Å². The summed E-state index contributed by atoms with van der Waals surface area (Å²) < 4.78 is 1.04. The number of carbonyl (C=O) groups is 1. The van der Waals surface area contributed by atoms with Crippen molar-refractivity contribution < 1.29 is 4.79 Å². The van der Waals surface area contributed by atoms with Crippen molar-refractivity contribution >= 4 is 38.9 Å². The van der Waals surface area contributed by atoms with Gasteiger partial charge in [-0.1, -0.05) is 0 Å². The number of benzene rings is 1. The molecule has 5 heteroatoms. The Morgan fingerprint density at radius 2 is 2.22 bits per heavy atom. The van der Waals surface area contributed by atoms with Gasteiger partial charge < -0.3 is 11.1 Å². The van der Waals surface area contributed by atoms with E-state index in [1.165, 1.54) is 0 Å². The lowest BCUT2D eigenvalue weighted by Gasteiger charge is -2.06. The molecule has 1 aromatic heterocycles. The molecular formula is C13H13BrN2OS. The standard InChI is InChI=1S/C13H13BrN2OS/c1-8-4-9(2-3-12(8)15)13(17)16-6-11-5-10(14)7-18-11/h2-5,7H,6,15H2,1H3,(H,16,17). The molecule has 0 bridgehead atoms. The van der Waals surface area contributed by atoms with Gasteiger partial charge in [0, 0.05) is 26.0 Å². The molecule has 0 aliphatic carbocycles. The molecule has 0 unspecified atom stereocenters. The molecule has 1 aromatic carbocycles. The Labute approximate surface area is 118 Å². The highest BCUT2D eigenvalue weighted by Crippen LogP contribution is 2.19. The Hall–Kier alpha value is -1.33. The van der Waals surface area contributed by atoms with E-state index in [0.29, 0.717) is 17.8 Å². The third kappa shape index (κ3) is 3.11. The molecule has 2 rings (SSSR count). The molecule has 94 valence electrons. The highest BCUT2D eigenvalue weighted by atomic mass is 79.9. The van der Waals surface area contributed by atoms with Crippen LogP contribution in [0.1, 0.15) is 20.8 Å². The van der Waals surface area contributed by atoms with Crippen LogP contribution in [0.25, 0.3) is 0 Å². The van der Waals surface area contributed by atoms with E-state index in [1.54, 1.807) is 29.5 Å². The number of carbonyl (C=O) groups excluding carboxylic acids is 1. The zero-order valence-electron chi connectivity index (χ0n) is 9.87. The van der Waals surface area contributed by atoms with E-state index in [4.69, 9.17) is 5.73 Å². The number of nitrogens with two attached hydrogens (primary N) is 1. The van der Waals surface area contributed by atoms with E-state index in [0.717, 1.165) is 14.9 Å². The van der Waals surface area contributed by atoms with Crippen molar-refractivity contribution in [2.45, 2.75) is 13.5 Å². The van der Waals surface area contributed by atoms with E-state index in [9.17, 15) is 4.79 Å². The maximum Gasteiger partial charge on any atom is 0.251 e. The summed E-state index contributed by atoms with van der Waals surface area (Å²) in [6.45, 7) is 2.43. The number of thiophene rings is 1. The maximum absolute atomic E-state index is 11.9. The lowest BCUT2D eigenvalue weighted by Crippen LogP contribution is -2.22. The van der Waals surface area contributed by atoms with Crippen LogP contribution in [0.5, 0.6) is 0 Å². The first-order chi connectivity index (χ1) is 8.56. The number of hydrogen-bond donors (Lipinski definition) is 2. The fraction of sp³-hybridized carbons (Fsp3) is 0.154. The van der Waals surface area contributed by atoms with Gasteiger partial charge in [-0.25, -0.2) is 0 Å². The number of aryl methyl sites for hydroxylation is 1. The Morgan fingerprint density at radius 3 is 2.83 bits per heavy atom. The predicted molar refractivity (Wildman–Crippen MR) is 78.8 cm³/mol. The Kier molecular flexibility index (Phi) is 4.04. The van der Waals surface area contributed by atoms with Gasteiger partial charge in [-0.2, -0.15) is 0 Å². The summed E-state index contributed by atoms with van der Waals surface area (Å²) in [4.78, 5) is 13.0. The molecule has 0 aliphatic rings. The first kappa shape index (κ1) is 13.1. The minimum atomic E-state index is -0.0809. The first-order valence-electron chi connectivity index (χ1n) is 5.43. The van der Waals surface area contributed by atoms with Crippen molar-refractivity contribution in [3.63, 3.8) is 0 Å². The summed E-state index contributed by atoms with van der Waals surface area (Å²) in [5.74, 6) is -0.0809. The van der Waals surface area contributed by atoms with E-state index in [1.807, 2.05) is 18.4 Å². The van der Waals surface area contributed by atoms with Crippen molar-refractivity contribution in [3.8, 4) is 0 Å². The normalized spacial score (nSPS) is 10.3. The van der Waals surface area contributed by atoms with E-state index in [2.05, 4.69) is 21.2 Å². The number of hydrogen-bond acceptors (Lipinski definition) is 3. The van der Waals surface area contributed by atoms with Crippen LogP contribution in [0.3, 0.4) is 0 Å². The van der Waals surface area contributed by atoms with Gasteiger partial charge >= 0.3 is 0 Å². The smallest absolute Gasteiger partial charge is 0.251 e. The SMILES string of the molecule is Cc1cc(C(=O)NCc2cc(Br)cs2)ccc1N. The summed E-state index contributed by atoms with van der Waals surface area (Å²) in [6.07, 6.45) is 0. The Morgan fingerprint density at radius 1 is 1.44 bits per heavy atom. The summed E-state index contributed by atoms with van der Waals surface area (Å²) in [6, 6.07) is 7.29. The number of amides is 1. The molecule has 18 heavy (non-hydrogen) atoms. The highest BCUT2D eigenvalue weighted by molar-refractivity contribution is 9.10. The molecule has 0 saturated heterocycles.